The molecule has 2 rings (SSSR count). The van der Waals surface area contributed by atoms with E-state index in [1.165, 1.54) is 16.7 Å². The van der Waals surface area contributed by atoms with E-state index in [0.717, 1.165) is 5.69 Å². The summed E-state index contributed by atoms with van der Waals surface area (Å²) in [6.45, 7) is 8.43. The summed E-state index contributed by atoms with van der Waals surface area (Å²) in [6, 6.07) is 13.5. The zero-order valence-electron chi connectivity index (χ0n) is 15.1. The lowest BCUT2D eigenvalue weighted by Gasteiger charge is -2.18. The van der Waals surface area contributed by atoms with Crippen LogP contribution < -0.4 is 10.6 Å². The SMILES string of the molecule is CCOC(=O)c1ccc(NC(=S)N[C@H](C)c2ccc(C)c(C)c2)cc1. The van der Waals surface area contributed by atoms with Gasteiger partial charge in [0.2, 0.25) is 0 Å². The van der Waals surface area contributed by atoms with Crippen LogP contribution in [0, 0.1) is 13.8 Å². The van der Waals surface area contributed by atoms with Gasteiger partial charge in [-0.1, -0.05) is 18.2 Å². The Balaban J connectivity index is 1.95. The summed E-state index contributed by atoms with van der Waals surface area (Å²) in [5, 5.41) is 6.95. The second-order valence-electron chi connectivity index (χ2n) is 5.96. The molecule has 25 heavy (non-hydrogen) atoms. The number of carbonyl (C=O) groups excluding carboxylic acids is 1. The minimum atomic E-state index is -0.321. The first-order valence-corrected chi connectivity index (χ1v) is 8.73. The molecule has 0 fully saturated rings. The van der Waals surface area contributed by atoms with Crippen molar-refractivity contribution >= 4 is 29.0 Å². The molecule has 0 aliphatic rings. The summed E-state index contributed by atoms with van der Waals surface area (Å²) in [5.41, 5.74) is 5.07. The van der Waals surface area contributed by atoms with Crippen LogP contribution in [0.1, 0.15) is 46.9 Å². The van der Waals surface area contributed by atoms with E-state index in [4.69, 9.17) is 17.0 Å². The van der Waals surface area contributed by atoms with E-state index in [1.807, 2.05) is 0 Å². The fourth-order valence-electron chi connectivity index (χ4n) is 2.39. The fourth-order valence-corrected chi connectivity index (χ4v) is 2.68. The Hall–Kier alpha value is -2.40. The van der Waals surface area contributed by atoms with Crippen molar-refractivity contribution < 1.29 is 9.53 Å². The van der Waals surface area contributed by atoms with Gasteiger partial charge in [-0.05, 0) is 80.9 Å². The number of thiocarbonyl (C=S) groups is 1. The molecule has 2 aromatic rings. The molecule has 132 valence electrons. The predicted molar refractivity (Wildman–Crippen MR) is 106 cm³/mol. The summed E-state index contributed by atoms with van der Waals surface area (Å²) in [4.78, 5) is 11.7. The van der Waals surface area contributed by atoms with Crippen LogP contribution in [0.25, 0.3) is 0 Å². The van der Waals surface area contributed by atoms with Crippen LogP contribution in [0.4, 0.5) is 5.69 Å². The molecule has 4 nitrogen and oxygen atoms in total. The van der Waals surface area contributed by atoms with Gasteiger partial charge >= 0.3 is 5.97 Å². The Morgan fingerprint density at radius 1 is 1.12 bits per heavy atom. The van der Waals surface area contributed by atoms with Crippen LogP contribution in [-0.2, 0) is 4.74 Å². The number of anilines is 1. The zero-order chi connectivity index (χ0) is 18.4. The predicted octanol–water partition coefficient (Wildman–Crippen LogP) is 4.53. The van der Waals surface area contributed by atoms with Crippen molar-refractivity contribution in [2.45, 2.75) is 33.7 Å². The van der Waals surface area contributed by atoms with E-state index in [2.05, 4.69) is 49.6 Å². The van der Waals surface area contributed by atoms with Gasteiger partial charge in [0.15, 0.2) is 5.11 Å². The molecule has 0 saturated carbocycles. The van der Waals surface area contributed by atoms with E-state index >= 15 is 0 Å². The number of hydrogen-bond acceptors (Lipinski definition) is 3. The quantitative estimate of drug-likeness (QED) is 0.609. The summed E-state index contributed by atoms with van der Waals surface area (Å²) >= 11 is 5.38. The molecule has 2 N–H and O–H groups in total. The van der Waals surface area contributed by atoms with E-state index < -0.39 is 0 Å². The molecule has 0 radical (unpaired) electrons. The minimum Gasteiger partial charge on any atom is -0.462 e. The Morgan fingerprint density at radius 2 is 1.80 bits per heavy atom. The lowest BCUT2D eigenvalue weighted by atomic mass is 10.0. The number of rotatable bonds is 5. The Kier molecular flexibility index (Phi) is 6.53. The zero-order valence-corrected chi connectivity index (χ0v) is 15.9. The fraction of sp³-hybridized carbons (Fsp3) is 0.300. The number of hydrogen-bond donors (Lipinski definition) is 2. The van der Waals surface area contributed by atoms with Gasteiger partial charge in [0.1, 0.15) is 0 Å². The van der Waals surface area contributed by atoms with E-state index in [-0.39, 0.29) is 12.0 Å². The Bertz CT molecular complexity index is 757. The van der Waals surface area contributed by atoms with Crippen molar-refractivity contribution in [1.82, 2.24) is 5.32 Å². The van der Waals surface area contributed by atoms with Gasteiger partial charge < -0.3 is 15.4 Å². The highest BCUT2D eigenvalue weighted by atomic mass is 32.1. The second kappa shape index (κ2) is 8.62. The van der Waals surface area contributed by atoms with Gasteiger partial charge in [-0.2, -0.15) is 0 Å². The molecule has 0 amide bonds. The van der Waals surface area contributed by atoms with Gasteiger partial charge in [0, 0.05) is 5.69 Å². The largest absolute Gasteiger partial charge is 0.462 e. The van der Waals surface area contributed by atoms with Crippen LogP contribution in [-0.4, -0.2) is 17.7 Å². The van der Waals surface area contributed by atoms with Gasteiger partial charge in [0.25, 0.3) is 0 Å². The molecule has 0 saturated heterocycles. The molecule has 0 aromatic heterocycles. The first-order valence-electron chi connectivity index (χ1n) is 8.32. The van der Waals surface area contributed by atoms with Crippen LogP contribution in [0.3, 0.4) is 0 Å². The molecule has 0 aliphatic carbocycles. The lowest BCUT2D eigenvalue weighted by molar-refractivity contribution is 0.0526. The van der Waals surface area contributed by atoms with Crippen LogP contribution in [0.5, 0.6) is 0 Å². The highest BCUT2D eigenvalue weighted by molar-refractivity contribution is 7.80. The normalized spacial score (nSPS) is 11.5. The molecule has 2 aromatic carbocycles. The van der Waals surface area contributed by atoms with Crippen LogP contribution in [0.2, 0.25) is 0 Å². The first-order chi connectivity index (χ1) is 11.9. The molecule has 0 aliphatic heterocycles. The average Bonchev–Trinajstić information content (AvgIpc) is 2.58. The number of ether oxygens (including phenoxy) is 1. The maximum absolute atomic E-state index is 11.7. The third kappa shape index (κ3) is 5.29. The Morgan fingerprint density at radius 3 is 2.40 bits per heavy atom. The summed E-state index contributed by atoms with van der Waals surface area (Å²) in [7, 11) is 0. The number of aryl methyl sites for hydroxylation is 2. The van der Waals surface area contributed by atoms with E-state index in [1.54, 1.807) is 31.2 Å². The maximum Gasteiger partial charge on any atom is 0.338 e. The molecule has 5 heteroatoms. The standard InChI is InChI=1S/C20H24N2O2S/c1-5-24-19(23)16-8-10-18(11-9-16)22-20(25)21-15(4)17-7-6-13(2)14(3)12-17/h6-12,15H,5H2,1-4H3,(H2,21,22,25)/t15-/m1/s1. The summed E-state index contributed by atoms with van der Waals surface area (Å²) < 4.78 is 4.97. The molecular weight excluding hydrogens is 332 g/mol. The average molecular weight is 356 g/mol. The summed E-state index contributed by atoms with van der Waals surface area (Å²) in [6.07, 6.45) is 0. The molecule has 0 spiro atoms. The van der Waals surface area contributed by atoms with E-state index in [9.17, 15) is 4.79 Å². The highest BCUT2D eigenvalue weighted by Crippen LogP contribution is 2.17. The first kappa shape index (κ1) is 18.9. The van der Waals surface area contributed by atoms with Crippen molar-refractivity contribution in [3.8, 4) is 0 Å². The second-order valence-corrected chi connectivity index (χ2v) is 6.37. The third-order valence-electron chi connectivity index (χ3n) is 4.03. The molecule has 0 bridgehead atoms. The topological polar surface area (TPSA) is 50.4 Å². The van der Waals surface area contributed by atoms with Gasteiger partial charge in [0.05, 0.1) is 18.2 Å². The minimum absolute atomic E-state index is 0.0955. The number of nitrogens with one attached hydrogen (secondary N) is 2. The van der Waals surface area contributed by atoms with Crippen LogP contribution >= 0.6 is 12.2 Å². The number of esters is 1. The van der Waals surface area contributed by atoms with Crippen molar-refractivity contribution in [2.24, 2.45) is 0 Å². The monoisotopic (exact) mass is 356 g/mol. The molecule has 1 atom stereocenters. The molecule has 0 heterocycles. The number of benzene rings is 2. The molecule has 0 unspecified atom stereocenters. The summed E-state index contributed by atoms with van der Waals surface area (Å²) in [5.74, 6) is -0.321. The highest BCUT2D eigenvalue weighted by Gasteiger charge is 2.09. The van der Waals surface area contributed by atoms with Crippen LogP contribution in [0.15, 0.2) is 42.5 Å². The smallest absolute Gasteiger partial charge is 0.338 e. The van der Waals surface area contributed by atoms with Gasteiger partial charge in [-0.25, -0.2) is 4.79 Å². The number of carbonyl (C=O) groups is 1. The van der Waals surface area contributed by atoms with Gasteiger partial charge in [-0.15, -0.1) is 0 Å². The Labute approximate surface area is 154 Å². The maximum atomic E-state index is 11.7. The van der Waals surface area contributed by atoms with Crippen molar-refractivity contribution in [3.63, 3.8) is 0 Å². The van der Waals surface area contributed by atoms with E-state index in [0.29, 0.717) is 17.3 Å². The van der Waals surface area contributed by atoms with Crippen molar-refractivity contribution in [3.05, 3.63) is 64.7 Å². The molecular formula is C20H24N2O2S. The van der Waals surface area contributed by atoms with Crippen molar-refractivity contribution in [2.75, 3.05) is 11.9 Å². The lowest BCUT2D eigenvalue weighted by Crippen LogP contribution is -2.30. The van der Waals surface area contributed by atoms with Gasteiger partial charge in [-0.3, -0.25) is 0 Å². The van der Waals surface area contributed by atoms with Crippen molar-refractivity contribution in [1.29, 1.82) is 0 Å². The third-order valence-corrected chi connectivity index (χ3v) is 4.25.